The standard InChI is InChI=1S/C19H22ClNO/c1-14(2)18(16-8-10-17(20)11-9-16)19(22)21-13-12-15-6-4-3-5-7-15/h3-11,14,18H,12-13H2,1-2H3,(H,21,22)/t18-/m0/s1. The Morgan fingerprint density at radius 2 is 1.68 bits per heavy atom. The Balaban J connectivity index is 1.97. The molecule has 2 aromatic rings. The number of hydrogen-bond acceptors (Lipinski definition) is 1. The summed E-state index contributed by atoms with van der Waals surface area (Å²) in [6, 6.07) is 17.7. The van der Waals surface area contributed by atoms with Crippen molar-refractivity contribution in [2.75, 3.05) is 6.54 Å². The van der Waals surface area contributed by atoms with Crippen LogP contribution in [0.1, 0.15) is 30.9 Å². The minimum Gasteiger partial charge on any atom is -0.355 e. The van der Waals surface area contributed by atoms with Crippen molar-refractivity contribution in [2.24, 2.45) is 5.92 Å². The van der Waals surface area contributed by atoms with E-state index >= 15 is 0 Å². The molecule has 0 heterocycles. The molecule has 22 heavy (non-hydrogen) atoms. The highest BCUT2D eigenvalue weighted by molar-refractivity contribution is 6.30. The quantitative estimate of drug-likeness (QED) is 0.839. The highest BCUT2D eigenvalue weighted by atomic mass is 35.5. The number of carbonyl (C=O) groups excluding carboxylic acids is 1. The molecule has 0 saturated heterocycles. The molecule has 0 saturated carbocycles. The van der Waals surface area contributed by atoms with E-state index in [9.17, 15) is 4.79 Å². The minimum absolute atomic E-state index is 0.0771. The van der Waals surface area contributed by atoms with Crippen molar-refractivity contribution in [3.63, 3.8) is 0 Å². The Morgan fingerprint density at radius 1 is 1.05 bits per heavy atom. The largest absolute Gasteiger partial charge is 0.355 e. The molecule has 1 N–H and O–H groups in total. The lowest BCUT2D eigenvalue weighted by atomic mass is 9.87. The second-order valence-electron chi connectivity index (χ2n) is 5.80. The third kappa shape index (κ3) is 4.60. The first-order valence-corrected chi connectivity index (χ1v) is 8.03. The van der Waals surface area contributed by atoms with Crippen molar-refractivity contribution in [1.29, 1.82) is 0 Å². The first-order valence-electron chi connectivity index (χ1n) is 7.65. The fraction of sp³-hybridized carbons (Fsp3) is 0.316. The number of hydrogen-bond donors (Lipinski definition) is 1. The molecular weight excluding hydrogens is 294 g/mol. The van der Waals surface area contributed by atoms with Crippen LogP contribution in [0.3, 0.4) is 0 Å². The average molecular weight is 316 g/mol. The molecule has 0 bridgehead atoms. The Hall–Kier alpha value is -1.80. The van der Waals surface area contributed by atoms with Gasteiger partial charge in [0.2, 0.25) is 5.91 Å². The van der Waals surface area contributed by atoms with Crippen molar-refractivity contribution in [2.45, 2.75) is 26.2 Å². The molecule has 0 aliphatic carbocycles. The van der Waals surface area contributed by atoms with Gasteiger partial charge in [-0.05, 0) is 35.6 Å². The lowest BCUT2D eigenvalue weighted by Gasteiger charge is -2.21. The number of benzene rings is 2. The highest BCUT2D eigenvalue weighted by Gasteiger charge is 2.23. The number of rotatable bonds is 6. The first-order chi connectivity index (χ1) is 10.6. The van der Waals surface area contributed by atoms with Gasteiger partial charge in [-0.15, -0.1) is 0 Å². The zero-order valence-electron chi connectivity index (χ0n) is 13.1. The zero-order chi connectivity index (χ0) is 15.9. The summed E-state index contributed by atoms with van der Waals surface area (Å²) < 4.78 is 0. The summed E-state index contributed by atoms with van der Waals surface area (Å²) in [6.45, 7) is 4.78. The normalized spacial score (nSPS) is 12.2. The molecule has 0 unspecified atom stereocenters. The smallest absolute Gasteiger partial charge is 0.227 e. The van der Waals surface area contributed by atoms with Gasteiger partial charge in [-0.2, -0.15) is 0 Å². The van der Waals surface area contributed by atoms with Crippen molar-refractivity contribution < 1.29 is 4.79 Å². The maximum Gasteiger partial charge on any atom is 0.227 e. The molecule has 0 radical (unpaired) electrons. The van der Waals surface area contributed by atoms with Crippen LogP contribution in [0, 0.1) is 5.92 Å². The van der Waals surface area contributed by atoms with Crippen LogP contribution in [0.4, 0.5) is 0 Å². The Labute approximate surface area is 137 Å². The van der Waals surface area contributed by atoms with E-state index in [0.717, 1.165) is 12.0 Å². The highest BCUT2D eigenvalue weighted by Crippen LogP contribution is 2.25. The summed E-state index contributed by atoms with van der Waals surface area (Å²) in [7, 11) is 0. The molecule has 0 spiro atoms. The molecule has 1 atom stereocenters. The maximum atomic E-state index is 12.5. The van der Waals surface area contributed by atoms with Gasteiger partial charge in [-0.25, -0.2) is 0 Å². The van der Waals surface area contributed by atoms with Gasteiger partial charge in [0.1, 0.15) is 0 Å². The van der Waals surface area contributed by atoms with Crippen LogP contribution in [0.25, 0.3) is 0 Å². The second kappa shape index (κ2) is 8.00. The van der Waals surface area contributed by atoms with E-state index in [2.05, 4.69) is 31.3 Å². The van der Waals surface area contributed by atoms with Gasteiger partial charge in [-0.1, -0.05) is 67.9 Å². The van der Waals surface area contributed by atoms with Gasteiger partial charge < -0.3 is 5.32 Å². The average Bonchev–Trinajstić information content (AvgIpc) is 2.50. The Kier molecular flexibility index (Phi) is 6.02. The molecule has 0 aromatic heterocycles. The van der Waals surface area contributed by atoms with Crippen LogP contribution in [0.15, 0.2) is 54.6 Å². The second-order valence-corrected chi connectivity index (χ2v) is 6.24. The van der Waals surface area contributed by atoms with Gasteiger partial charge in [0, 0.05) is 11.6 Å². The van der Waals surface area contributed by atoms with Crippen molar-refractivity contribution in [3.8, 4) is 0 Å². The van der Waals surface area contributed by atoms with Crippen molar-refractivity contribution in [1.82, 2.24) is 5.32 Å². The first kappa shape index (κ1) is 16.6. The van der Waals surface area contributed by atoms with E-state index in [-0.39, 0.29) is 17.7 Å². The number of nitrogens with one attached hydrogen (secondary N) is 1. The van der Waals surface area contributed by atoms with Crippen LogP contribution in [-0.2, 0) is 11.2 Å². The lowest BCUT2D eigenvalue weighted by molar-refractivity contribution is -0.123. The van der Waals surface area contributed by atoms with Gasteiger partial charge >= 0.3 is 0 Å². The summed E-state index contributed by atoms with van der Waals surface area (Å²) in [5.74, 6) is 0.166. The predicted octanol–water partition coefficient (Wildman–Crippen LogP) is 4.44. The summed E-state index contributed by atoms with van der Waals surface area (Å²) in [5, 5.41) is 3.74. The van der Waals surface area contributed by atoms with Crippen LogP contribution in [-0.4, -0.2) is 12.5 Å². The summed E-state index contributed by atoms with van der Waals surface area (Å²) >= 11 is 5.93. The van der Waals surface area contributed by atoms with Gasteiger partial charge in [0.05, 0.1) is 5.92 Å². The molecule has 0 aliphatic heterocycles. The molecular formula is C19H22ClNO. The molecule has 3 heteroatoms. The SMILES string of the molecule is CC(C)[C@H](C(=O)NCCc1ccccc1)c1ccc(Cl)cc1. The Morgan fingerprint density at radius 3 is 2.27 bits per heavy atom. The van der Waals surface area contributed by atoms with E-state index in [4.69, 9.17) is 11.6 Å². The molecule has 0 fully saturated rings. The van der Waals surface area contributed by atoms with Crippen LogP contribution in [0.5, 0.6) is 0 Å². The summed E-state index contributed by atoms with van der Waals surface area (Å²) in [6.07, 6.45) is 0.845. The maximum absolute atomic E-state index is 12.5. The van der Waals surface area contributed by atoms with Gasteiger partial charge in [0.15, 0.2) is 0 Å². The van der Waals surface area contributed by atoms with Gasteiger partial charge in [0.25, 0.3) is 0 Å². The number of carbonyl (C=O) groups is 1. The molecule has 116 valence electrons. The van der Waals surface area contributed by atoms with Crippen LogP contribution >= 0.6 is 11.6 Å². The van der Waals surface area contributed by atoms with E-state index < -0.39 is 0 Å². The Bertz CT molecular complexity index is 593. The molecule has 2 nitrogen and oxygen atoms in total. The number of amides is 1. The lowest BCUT2D eigenvalue weighted by Crippen LogP contribution is -2.33. The third-order valence-electron chi connectivity index (χ3n) is 3.73. The predicted molar refractivity (Wildman–Crippen MR) is 92.2 cm³/mol. The van der Waals surface area contributed by atoms with Crippen molar-refractivity contribution >= 4 is 17.5 Å². The molecule has 2 rings (SSSR count). The molecule has 0 aliphatic rings. The van der Waals surface area contributed by atoms with Crippen LogP contribution < -0.4 is 5.32 Å². The molecule has 2 aromatic carbocycles. The number of halogens is 1. The zero-order valence-corrected chi connectivity index (χ0v) is 13.8. The fourth-order valence-corrected chi connectivity index (χ4v) is 2.72. The summed E-state index contributed by atoms with van der Waals surface area (Å²) in [4.78, 5) is 12.5. The van der Waals surface area contributed by atoms with Crippen LogP contribution in [0.2, 0.25) is 5.02 Å². The monoisotopic (exact) mass is 315 g/mol. The van der Waals surface area contributed by atoms with E-state index in [1.807, 2.05) is 42.5 Å². The van der Waals surface area contributed by atoms with E-state index in [1.54, 1.807) is 0 Å². The topological polar surface area (TPSA) is 29.1 Å². The van der Waals surface area contributed by atoms with E-state index in [1.165, 1.54) is 5.56 Å². The summed E-state index contributed by atoms with van der Waals surface area (Å²) in [5.41, 5.74) is 2.24. The van der Waals surface area contributed by atoms with E-state index in [0.29, 0.717) is 11.6 Å². The third-order valence-corrected chi connectivity index (χ3v) is 3.99. The van der Waals surface area contributed by atoms with Crippen molar-refractivity contribution in [3.05, 3.63) is 70.7 Å². The fourth-order valence-electron chi connectivity index (χ4n) is 2.59. The molecule has 1 amide bonds. The minimum atomic E-state index is -0.145. The van der Waals surface area contributed by atoms with Gasteiger partial charge in [-0.3, -0.25) is 4.79 Å².